The SMILES string of the molecule is O=C(CCNC(=O)c1ccc(C(=O)O)nc1)NC1CC1. The predicted molar refractivity (Wildman–Crippen MR) is 69.3 cm³/mol. The molecule has 1 aromatic heterocycles. The van der Waals surface area contributed by atoms with Crippen LogP contribution in [0.4, 0.5) is 0 Å². The van der Waals surface area contributed by atoms with Crippen LogP contribution in [0.5, 0.6) is 0 Å². The van der Waals surface area contributed by atoms with Crippen molar-refractivity contribution in [1.29, 1.82) is 0 Å². The Balaban J connectivity index is 1.76. The molecule has 0 unspecified atom stereocenters. The summed E-state index contributed by atoms with van der Waals surface area (Å²) in [6.45, 7) is 0.234. The highest BCUT2D eigenvalue weighted by Crippen LogP contribution is 2.18. The molecule has 0 spiro atoms. The smallest absolute Gasteiger partial charge is 0.354 e. The number of amides is 2. The van der Waals surface area contributed by atoms with Crippen LogP contribution in [0.1, 0.15) is 40.1 Å². The number of hydrogen-bond acceptors (Lipinski definition) is 4. The van der Waals surface area contributed by atoms with E-state index < -0.39 is 5.97 Å². The third-order valence-corrected chi connectivity index (χ3v) is 2.82. The molecule has 3 N–H and O–H groups in total. The van der Waals surface area contributed by atoms with E-state index in [1.807, 2.05) is 0 Å². The number of carbonyl (C=O) groups is 3. The molecule has 106 valence electrons. The predicted octanol–water partition coefficient (Wildman–Crippen LogP) is 0.178. The fourth-order valence-corrected chi connectivity index (χ4v) is 1.57. The Morgan fingerprint density at radius 1 is 1.30 bits per heavy atom. The number of carboxylic acid groups (broad SMARTS) is 1. The lowest BCUT2D eigenvalue weighted by Crippen LogP contribution is -2.31. The molecule has 1 aliphatic rings. The van der Waals surface area contributed by atoms with Crippen LogP contribution in [0.25, 0.3) is 0 Å². The Labute approximate surface area is 115 Å². The van der Waals surface area contributed by atoms with Gasteiger partial charge in [0.25, 0.3) is 5.91 Å². The minimum Gasteiger partial charge on any atom is -0.477 e. The van der Waals surface area contributed by atoms with E-state index in [0.717, 1.165) is 12.8 Å². The van der Waals surface area contributed by atoms with Crippen LogP contribution in [0.3, 0.4) is 0 Å². The maximum atomic E-state index is 11.7. The van der Waals surface area contributed by atoms with Crippen LogP contribution in [-0.2, 0) is 4.79 Å². The molecule has 0 aliphatic heterocycles. The Kier molecular flexibility index (Phi) is 4.29. The first-order valence-corrected chi connectivity index (χ1v) is 6.33. The lowest BCUT2D eigenvalue weighted by Gasteiger charge is -2.05. The van der Waals surface area contributed by atoms with Gasteiger partial charge >= 0.3 is 5.97 Å². The molecule has 0 bridgehead atoms. The molecule has 1 saturated carbocycles. The van der Waals surface area contributed by atoms with Crippen LogP contribution < -0.4 is 10.6 Å². The summed E-state index contributed by atoms with van der Waals surface area (Å²) in [6.07, 6.45) is 3.48. The lowest BCUT2D eigenvalue weighted by atomic mass is 10.2. The van der Waals surface area contributed by atoms with Crippen molar-refractivity contribution in [2.24, 2.45) is 0 Å². The number of nitrogens with zero attached hydrogens (tertiary/aromatic N) is 1. The second kappa shape index (κ2) is 6.14. The molecular formula is C13H15N3O4. The topological polar surface area (TPSA) is 108 Å². The summed E-state index contributed by atoms with van der Waals surface area (Å²) in [4.78, 5) is 37.4. The number of rotatable bonds is 6. The van der Waals surface area contributed by atoms with Crippen molar-refractivity contribution in [3.05, 3.63) is 29.6 Å². The zero-order valence-corrected chi connectivity index (χ0v) is 10.8. The summed E-state index contributed by atoms with van der Waals surface area (Å²) in [6, 6.07) is 2.96. The van der Waals surface area contributed by atoms with Crippen LogP contribution in [0, 0.1) is 0 Å². The zero-order chi connectivity index (χ0) is 14.5. The van der Waals surface area contributed by atoms with E-state index in [-0.39, 0.29) is 36.0 Å². The van der Waals surface area contributed by atoms with Gasteiger partial charge in [-0.05, 0) is 25.0 Å². The number of carboxylic acids is 1. The van der Waals surface area contributed by atoms with Crippen molar-refractivity contribution in [1.82, 2.24) is 15.6 Å². The summed E-state index contributed by atoms with van der Waals surface area (Å²) in [5, 5.41) is 14.1. The van der Waals surface area contributed by atoms with Gasteiger partial charge in [0.15, 0.2) is 0 Å². The maximum Gasteiger partial charge on any atom is 0.354 e. The third kappa shape index (κ3) is 4.04. The molecule has 7 heteroatoms. The quantitative estimate of drug-likeness (QED) is 0.687. The lowest BCUT2D eigenvalue weighted by molar-refractivity contribution is -0.121. The van der Waals surface area contributed by atoms with Crippen molar-refractivity contribution in [3.63, 3.8) is 0 Å². The van der Waals surface area contributed by atoms with Gasteiger partial charge in [0.1, 0.15) is 5.69 Å². The molecule has 20 heavy (non-hydrogen) atoms. The standard InChI is InChI=1S/C13H15N3O4/c17-11(16-9-2-3-9)5-6-14-12(18)8-1-4-10(13(19)20)15-7-8/h1,4,7,9H,2-3,5-6H2,(H,14,18)(H,16,17)(H,19,20). The first kappa shape index (κ1) is 14.0. The summed E-state index contributed by atoms with van der Waals surface area (Å²) in [5.74, 6) is -1.60. The number of nitrogens with one attached hydrogen (secondary N) is 2. The third-order valence-electron chi connectivity index (χ3n) is 2.82. The number of hydrogen-bond donors (Lipinski definition) is 3. The van der Waals surface area contributed by atoms with E-state index in [1.54, 1.807) is 0 Å². The van der Waals surface area contributed by atoms with Gasteiger partial charge in [-0.25, -0.2) is 9.78 Å². The van der Waals surface area contributed by atoms with Gasteiger partial charge in [-0.1, -0.05) is 0 Å². The molecule has 0 aromatic carbocycles. The van der Waals surface area contributed by atoms with Gasteiger partial charge in [-0.15, -0.1) is 0 Å². The monoisotopic (exact) mass is 277 g/mol. The van der Waals surface area contributed by atoms with E-state index in [1.165, 1.54) is 18.3 Å². The van der Waals surface area contributed by atoms with Gasteiger partial charge in [0, 0.05) is 25.2 Å². The zero-order valence-electron chi connectivity index (χ0n) is 10.8. The minimum atomic E-state index is -1.14. The van der Waals surface area contributed by atoms with Crippen LogP contribution in [0.15, 0.2) is 18.3 Å². The first-order chi connectivity index (χ1) is 9.56. The van der Waals surface area contributed by atoms with Crippen LogP contribution in [0.2, 0.25) is 0 Å². The molecule has 1 aliphatic carbocycles. The molecule has 1 aromatic rings. The highest BCUT2D eigenvalue weighted by atomic mass is 16.4. The molecule has 2 amide bonds. The minimum absolute atomic E-state index is 0.0767. The molecular weight excluding hydrogens is 262 g/mol. The maximum absolute atomic E-state index is 11.7. The van der Waals surface area contributed by atoms with Gasteiger partial charge < -0.3 is 15.7 Å². The van der Waals surface area contributed by atoms with Crippen molar-refractivity contribution in [2.75, 3.05) is 6.54 Å². The Morgan fingerprint density at radius 2 is 2.05 bits per heavy atom. The van der Waals surface area contributed by atoms with Gasteiger partial charge in [-0.3, -0.25) is 9.59 Å². The normalized spacial score (nSPS) is 13.6. The summed E-state index contributed by atoms with van der Waals surface area (Å²) in [7, 11) is 0. The summed E-state index contributed by atoms with van der Waals surface area (Å²) >= 11 is 0. The van der Waals surface area contributed by atoms with Crippen molar-refractivity contribution >= 4 is 17.8 Å². The molecule has 2 rings (SSSR count). The fourth-order valence-electron chi connectivity index (χ4n) is 1.57. The van der Waals surface area contributed by atoms with Gasteiger partial charge in [0.2, 0.25) is 5.91 Å². The molecule has 0 saturated heterocycles. The van der Waals surface area contributed by atoms with Crippen molar-refractivity contribution in [2.45, 2.75) is 25.3 Å². The summed E-state index contributed by atoms with van der Waals surface area (Å²) in [5.41, 5.74) is 0.142. The Morgan fingerprint density at radius 3 is 2.60 bits per heavy atom. The average molecular weight is 277 g/mol. The Hall–Kier alpha value is -2.44. The van der Waals surface area contributed by atoms with Crippen LogP contribution in [-0.4, -0.2) is 40.5 Å². The molecule has 0 radical (unpaired) electrons. The van der Waals surface area contributed by atoms with E-state index in [0.29, 0.717) is 6.04 Å². The number of aromatic nitrogens is 1. The van der Waals surface area contributed by atoms with E-state index in [9.17, 15) is 14.4 Å². The number of carbonyl (C=O) groups excluding carboxylic acids is 2. The van der Waals surface area contributed by atoms with E-state index in [2.05, 4.69) is 15.6 Å². The summed E-state index contributed by atoms with van der Waals surface area (Å²) < 4.78 is 0. The average Bonchev–Trinajstić information content (AvgIpc) is 3.22. The van der Waals surface area contributed by atoms with Gasteiger partial charge in [0.05, 0.1) is 5.56 Å². The highest BCUT2D eigenvalue weighted by molar-refractivity contribution is 5.95. The molecule has 7 nitrogen and oxygen atoms in total. The number of aromatic carboxylic acids is 1. The molecule has 1 fully saturated rings. The second-order valence-corrected chi connectivity index (χ2v) is 4.58. The fraction of sp³-hybridized carbons (Fsp3) is 0.385. The second-order valence-electron chi connectivity index (χ2n) is 4.58. The highest BCUT2D eigenvalue weighted by Gasteiger charge is 2.22. The molecule has 0 atom stereocenters. The van der Waals surface area contributed by atoms with E-state index >= 15 is 0 Å². The van der Waals surface area contributed by atoms with E-state index in [4.69, 9.17) is 5.11 Å². The van der Waals surface area contributed by atoms with Crippen molar-refractivity contribution < 1.29 is 19.5 Å². The van der Waals surface area contributed by atoms with Crippen molar-refractivity contribution in [3.8, 4) is 0 Å². The van der Waals surface area contributed by atoms with Gasteiger partial charge in [-0.2, -0.15) is 0 Å². The Bertz CT molecular complexity index is 523. The largest absolute Gasteiger partial charge is 0.477 e. The first-order valence-electron chi connectivity index (χ1n) is 6.33. The molecule has 1 heterocycles. The van der Waals surface area contributed by atoms with Crippen LogP contribution >= 0.6 is 0 Å². The number of pyridine rings is 1.